The maximum Gasteiger partial charge on any atom is 0.0702 e. The minimum atomic E-state index is 0.457. The van der Waals surface area contributed by atoms with Gasteiger partial charge in [-0.1, -0.05) is 26.0 Å². The predicted molar refractivity (Wildman–Crippen MR) is 89.5 cm³/mol. The van der Waals surface area contributed by atoms with Gasteiger partial charge in [0.1, 0.15) is 0 Å². The molecule has 3 rings (SSSR count). The van der Waals surface area contributed by atoms with Crippen LogP contribution in [-0.2, 0) is 0 Å². The summed E-state index contributed by atoms with van der Waals surface area (Å²) in [5.41, 5.74) is 3.05. The van der Waals surface area contributed by atoms with Crippen LogP contribution in [0, 0.1) is 11.3 Å². The monoisotopic (exact) mass is 282 g/mol. The summed E-state index contributed by atoms with van der Waals surface area (Å²) in [5.74, 6) is 1.41. The lowest BCUT2D eigenvalue weighted by Gasteiger charge is -2.41. The number of hydrogen-bond donors (Lipinski definition) is 1. The standard InChI is InChI=1S/C19H26N2/c1-19(2)9-8-16(13-20-3)17(12-19)14-6-7-18-15(11-14)5-4-10-21-18/h4-7,10-11,16-17,20H,8-9,12-13H2,1-3H3. The third-order valence-corrected chi connectivity index (χ3v) is 5.05. The molecule has 0 amide bonds. The number of rotatable bonds is 3. The molecule has 1 saturated carbocycles. The summed E-state index contributed by atoms with van der Waals surface area (Å²) >= 11 is 0. The Hall–Kier alpha value is -1.41. The van der Waals surface area contributed by atoms with Crippen molar-refractivity contribution in [2.45, 2.75) is 39.0 Å². The lowest BCUT2D eigenvalue weighted by atomic mass is 9.65. The molecule has 0 bridgehead atoms. The van der Waals surface area contributed by atoms with Crippen LogP contribution in [0.5, 0.6) is 0 Å². The smallest absolute Gasteiger partial charge is 0.0702 e. The molecule has 2 unspecified atom stereocenters. The lowest BCUT2D eigenvalue weighted by molar-refractivity contribution is 0.161. The quantitative estimate of drug-likeness (QED) is 0.904. The van der Waals surface area contributed by atoms with Crippen LogP contribution in [0.15, 0.2) is 36.5 Å². The Morgan fingerprint density at radius 3 is 2.95 bits per heavy atom. The van der Waals surface area contributed by atoms with E-state index in [1.54, 1.807) is 0 Å². The van der Waals surface area contributed by atoms with E-state index in [1.165, 1.54) is 30.2 Å². The van der Waals surface area contributed by atoms with E-state index >= 15 is 0 Å². The van der Waals surface area contributed by atoms with Gasteiger partial charge in [0.15, 0.2) is 0 Å². The molecule has 1 N–H and O–H groups in total. The van der Waals surface area contributed by atoms with Crippen molar-refractivity contribution in [2.24, 2.45) is 11.3 Å². The Kier molecular flexibility index (Phi) is 3.99. The van der Waals surface area contributed by atoms with Crippen molar-refractivity contribution in [3.63, 3.8) is 0 Å². The van der Waals surface area contributed by atoms with Gasteiger partial charge in [-0.2, -0.15) is 0 Å². The highest BCUT2D eigenvalue weighted by Crippen LogP contribution is 2.46. The van der Waals surface area contributed by atoms with E-state index in [9.17, 15) is 0 Å². The second-order valence-electron chi connectivity index (χ2n) is 7.29. The number of hydrogen-bond acceptors (Lipinski definition) is 2. The topological polar surface area (TPSA) is 24.9 Å². The zero-order valence-corrected chi connectivity index (χ0v) is 13.4. The first-order valence-corrected chi connectivity index (χ1v) is 8.08. The molecule has 0 radical (unpaired) electrons. The van der Waals surface area contributed by atoms with Crippen molar-refractivity contribution in [3.8, 4) is 0 Å². The second kappa shape index (κ2) is 5.76. The summed E-state index contributed by atoms with van der Waals surface area (Å²) in [5, 5.41) is 4.65. The molecule has 112 valence electrons. The first-order chi connectivity index (χ1) is 10.1. The molecule has 1 heterocycles. The summed E-state index contributed by atoms with van der Waals surface area (Å²) in [6.45, 7) is 5.95. The molecule has 1 aromatic heterocycles. The third kappa shape index (κ3) is 3.11. The van der Waals surface area contributed by atoms with Gasteiger partial charge in [0.25, 0.3) is 0 Å². The highest BCUT2D eigenvalue weighted by molar-refractivity contribution is 5.79. The number of benzene rings is 1. The Morgan fingerprint density at radius 2 is 2.14 bits per heavy atom. The molecule has 21 heavy (non-hydrogen) atoms. The molecule has 2 atom stereocenters. The van der Waals surface area contributed by atoms with Crippen LogP contribution in [0.3, 0.4) is 0 Å². The Bertz CT molecular complexity index is 618. The highest BCUT2D eigenvalue weighted by atomic mass is 14.8. The van der Waals surface area contributed by atoms with Crippen LogP contribution >= 0.6 is 0 Å². The van der Waals surface area contributed by atoms with Crippen molar-refractivity contribution in [1.29, 1.82) is 0 Å². The van der Waals surface area contributed by atoms with Crippen LogP contribution in [0.4, 0.5) is 0 Å². The Morgan fingerprint density at radius 1 is 1.29 bits per heavy atom. The Balaban J connectivity index is 1.96. The zero-order chi connectivity index (χ0) is 14.9. The summed E-state index contributed by atoms with van der Waals surface area (Å²) in [7, 11) is 2.07. The largest absolute Gasteiger partial charge is 0.319 e. The number of aromatic nitrogens is 1. The first kappa shape index (κ1) is 14.5. The van der Waals surface area contributed by atoms with Crippen LogP contribution < -0.4 is 5.32 Å². The third-order valence-electron chi connectivity index (χ3n) is 5.05. The number of nitrogens with one attached hydrogen (secondary N) is 1. The molecule has 1 fully saturated rings. The minimum absolute atomic E-state index is 0.457. The number of fused-ring (bicyclic) bond motifs is 1. The molecule has 0 aliphatic heterocycles. The van der Waals surface area contributed by atoms with Gasteiger partial charge in [-0.05, 0) is 73.9 Å². The van der Waals surface area contributed by atoms with E-state index < -0.39 is 0 Å². The van der Waals surface area contributed by atoms with E-state index in [4.69, 9.17) is 0 Å². The van der Waals surface area contributed by atoms with Crippen LogP contribution in [0.25, 0.3) is 10.9 Å². The summed E-state index contributed by atoms with van der Waals surface area (Å²) in [4.78, 5) is 4.44. The molecule has 0 spiro atoms. The van der Waals surface area contributed by atoms with Crippen molar-refractivity contribution in [3.05, 3.63) is 42.1 Å². The number of nitrogens with zero attached hydrogens (tertiary/aromatic N) is 1. The fraction of sp³-hybridized carbons (Fsp3) is 0.526. The molecule has 0 saturated heterocycles. The van der Waals surface area contributed by atoms with E-state index in [1.807, 2.05) is 12.3 Å². The van der Waals surface area contributed by atoms with Crippen molar-refractivity contribution in [2.75, 3.05) is 13.6 Å². The normalized spacial score (nSPS) is 25.1. The first-order valence-electron chi connectivity index (χ1n) is 8.08. The lowest BCUT2D eigenvalue weighted by Crippen LogP contribution is -2.33. The van der Waals surface area contributed by atoms with Gasteiger partial charge in [-0.3, -0.25) is 4.98 Å². The molecule has 2 nitrogen and oxygen atoms in total. The summed E-state index contributed by atoms with van der Waals surface area (Å²) < 4.78 is 0. The SMILES string of the molecule is CNCC1CCC(C)(C)CC1c1ccc2ncccc2c1. The average molecular weight is 282 g/mol. The van der Waals surface area contributed by atoms with E-state index in [0.29, 0.717) is 11.3 Å². The molecular formula is C19H26N2. The summed E-state index contributed by atoms with van der Waals surface area (Å²) in [6, 6.07) is 11.0. The maximum absolute atomic E-state index is 4.44. The van der Waals surface area contributed by atoms with Crippen LogP contribution in [0.1, 0.15) is 44.6 Å². The van der Waals surface area contributed by atoms with Gasteiger partial charge in [-0.25, -0.2) is 0 Å². The zero-order valence-electron chi connectivity index (χ0n) is 13.4. The average Bonchev–Trinajstić information content (AvgIpc) is 2.48. The molecule has 1 aromatic carbocycles. The van der Waals surface area contributed by atoms with Gasteiger partial charge >= 0.3 is 0 Å². The molecule has 2 aromatic rings. The number of pyridine rings is 1. The molecular weight excluding hydrogens is 256 g/mol. The van der Waals surface area contributed by atoms with Gasteiger partial charge in [-0.15, -0.1) is 0 Å². The fourth-order valence-electron chi connectivity index (χ4n) is 3.86. The highest BCUT2D eigenvalue weighted by Gasteiger charge is 2.35. The van der Waals surface area contributed by atoms with Crippen molar-refractivity contribution < 1.29 is 0 Å². The van der Waals surface area contributed by atoms with E-state index in [2.05, 4.69) is 55.5 Å². The van der Waals surface area contributed by atoms with Gasteiger partial charge in [0.05, 0.1) is 5.52 Å². The van der Waals surface area contributed by atoms with E-state index in [0.717, 1.165) is 18.0 Å². The molecule has 1 aliphatic rings. The minimum Gasteiger partial charge on any atom is -0.319 e. The van der Waals surface area contributed by atoms with Crippen LogP contribution in [-0.4, -0.2) is 18.6 Å². The van der Waals surface area contributed by atoms with Crippen LogP contribution in [0.2, 0.25) is 0 Å². The summed E-state index contributed by atoms with van der Waals surface area (Å²) in [6.07, 6.45) is 5.81. The maximum atomic E-state index is 4.44. The van der Waals surface area contributed by atoms with Crippen molar-refractivity contribution >= 4 is 10.9 Å². The predicted octanol–water partition coefficient (Wildman–Crippen LogP) is 4.36. The molecule has 2 heteroatoms. The fourth-order valence-corrected chi connectivity index (χ4v) is 3.86. The van der Waals surface area contributed by atoms with Gasteiger partial charge < -0.3 is 5.32 Å². The molecule has 1 aliphatic carbocycles. The van der Waals surface area contributed by atoms with Gasteiger partial charge in [0, 0.05) is 11.6 Å². The van der Waals surface area contributed by atoms with E-state index in [-0.39, 0.29) is 0 Å². The van der Waals surface area contributed by atoms with Gasteiger partial charge in [0.2, 0.25) is 0 Å². The van der Waals surface area contributed by atoms with Crippen molar-refractivity contribution in [1.82, 2.24) is 10.3 Å². The second-order valence-corrected chi connectivity index (χ2v) is 7.29. The Labute approximate surface area is 128 Å².